The molecule has 0 radical (unpaired) electrons. The van der Waals surface area contributed by atoms with Gasteiger partial charge in [-0.2, -0.15) is 10.1 Å². The molecule has 0 saturated heterocycles. The number of benzene rings is 5. The average molecular weight is 696 g/mol. The van der Waals surface area contributed by atoms with E-state index in [1.54, 1.807) is 98.1 Å². The molecule has 1 unspecified atom stereocenters. The number of ether oxygens (including phenoxy) is 1. The van der Waals surface area contributed by atoms with Crippen LogP contribution in [0, 0.1) is 0 Å². The molecule has 0 bridgehead atoms. The zero-order chi connectivity index (χ0) is 35.6. The zero-order valence-electron chi connectivity index (χ0n) is 27.5. The molecule has 10 nitrogen and oxygen atoms in total. The van der Waals surface area contributed by atoms with Crippen LogP contribution in [0.1, 0.15) is 33.2 Å². The summed E-state index contributed by atoms with van der Waals surface area (Å²) in [5, 5.41) is 13.4. The smallest absolute Gasteiger partial charge is 0.272 e. The van der Waals surface area contributed by atoms with E-state index in [1.165, 1.54) is 16.8 Å². The van der Waals surface area contributed by atoms with E-state index in [1.807, 2.05) is 54.6 Å². The molecule has 254 valence electrons. The molecule has 1 aliphatic heterocycles. The lowest BCUT2D eigenvalue weighted by atomic mass is 10.1. The van der Waals surface area contributed by atoms with Gasteiger partial charge in [0.1, 0.15) is 22.5 Å². The number of carbonyl (C=O) groups is 4. The van der Waals surface area contributed by atoms with E-state index >= 15 is 0 Å². The third-order valence-electron chi connectivity index (χ3n) is 7.66. The fourth-order valence-corrected chi connectivity index (χ4v) is 6.28. The summed E-state index contributed by atoms with van der Waals surface area (Å²) in [6.07, 6.45) is 1.53. The summed E-state index contributed by atoms with van der Waals surface area (Å²) in [6.45, 7) is 0. The molecule has 0 saturated carbocycles. The first-order valence-electron chi connectivity index (χ1n) is 16.0. The number of rotatable bonds is 11. The number of amides is 4. The van der Waals surface area contributed by atoms with Crippen molar-refractivity contribution in [2.24, 2.45) is 5.10 Å². The fraction of sp³-hybridized carbons (Fsp3) is 0.0750. The van der Waals surface area contributed by atoms with Crippen LogP contribution in [-0.2, 0) is 14.4 Å². The van der Waals surface area contributed by atoms with Crippen molar-refractivity contribution < 1.29 is 23.9 Å². The maximum atomic E-state index is 13.8. The molecule has 6 rings (SSSR count). The van der Waals surface area contributed by atoms with Gasteiger partial charge < -0.3 is 20.7 Å². The molecule has 0 aliphatic carbocycles. The minimum atomic E-state index is -0.714. The monoisotopic (exact) mass is 695 g/mol. The number of hydrogen-bond donors (Lipinski definition) is 3. The predicted molar refractivity (Wildman–Crippen MR) is 199 cm³/mol. The second-order valence-corrected chi connectivity index (χ2v) is 12.5. The number of hydrazone groups is 1. The Balaban J connectivity index is 1.21. The van der Waals surface area contributed by atoms with Gasteiger partial charge in [-0.3, -0.25) is 19.2 Å². The van der Waals surface area contributed by atoms with E-state index < -0.39 is 17.1 Å². The van der Waals surface area contributed by atoms with Crippen LogP contribution in [0.5, 0.6) is 5.75 Å². The van der Waals surface area contributed by atoms with Gasteiger partial charge in [0.15, 0.2) is 0 Å². The predicted octanol–water partition coefficient (Wildman–Crippen LogP) is 6.80. The lowest BCUT2D eigenvalue weighted by molar-refractivity contribution is -0.119. The van der Waals surface area contributed by atoms with Crippen LogP contribution in [0.15, 0.2) is 155 Å². The highest BCUT2D eigenvalue weighted by atomic mass is 32.2. The number of hydrogen-bond acceptors (Lipinski definition) is 7. The quantitative estimate of drug-likeness (QED) is 0.103. The standard InChI is InChI=1S/C40H33N5O5S/c1-50-32-21-11-13-27(23-32)24-34(42-38(47)29-16-7-3-8-17-29)39(48)41-30-18-12-22-33(25-30)51-37(28-14-5-2-6-15-28)40(49)43-35-26-36(46)45(44-35)31-19-9-4-10-20-31/h2-25,37H,26H2,1H3,(H,41,48)(H,42,47)(H,43,44,49)/b34-24-. The van der Waals surface area contributed by atoms with Crippen molar-refractivity contribution in [3.8, 4) is 5.75 Å². The molecule has 1 heterocycles. The summed E-state index contributed by atoms with van der Waals surface area (Å²) in [6, 6.07) is 41.1. The Morgan fingerprint density at radius 1 is 0.804 bits per heavy atom. The zero-order valence-corrected chi connectivity index (χ0v) is 28.3. The van der Waals surface area contributed by atoms with Gasteiger partial charge in [0.2, 0.25) is 5.91 Å². The van der Waals surface area contributed by atoms with Crippen molar-refractivity contribution in [2.75, 3.05) is 17.4 Å². The summed E-state index contributed by atoms with van der Waals surface area (Å²) in [4.78, 5) is 54.0. The first-order valence-corrected chi connectivity index (χ1v) is 16.9. The highest BCUT2D eigenvalue weighted by Gasteiger charge is 2.29. The van der Waals surface area contributed by atoms with Gasteiger partial charge in [-0.25, -0.2) is 0 Å². The molecule has 0 fully saturated rings. The van der Waals surface area contributed by atoms with E-state index in [4.69, 9.17) is 4.74 Å². The molecule has 5 aromatic carbocycles. The third-order valence-corrected chi connectivity index (χ3v) is 8.91. The fourth-order valence-electron chi connectivity index (χ4n) is 5.20. The Labute approximate surface area is 299 Å². The van der Waals surface area contributed by atoms with Crippen LogP contribution in [0.4, 0.5) is 11.4 Å². The van der Waals surface area contributed by atoms with Crippen molar-refractivity contribution in [1.29, 1.82) is 0 Å². The van der Waals surface area contributed by atoms with Gasteiger partial charge >= 0.3 is 0 Å². The number of para-hydroxylation sites is 1. The Kier molecular flexibility index (Phi) is 11.0. The van der Waals surface area contributed by atoms with Crippen LogP contribution in [-0.4, -0.2) is 36.6 Å². The van der Waals surface area contributed by atoms with Gasteiger partial charge in [-0.05, 0) is 71.8 Å². The number of carbonyl (C=O) groups excluding carboxylic acids is 4. The first kappa shape index (κ1) is 34.4. The van der Waals surface area contributed by atoms with Gasteiger partial charge in [0.25, 0.3) is 17.7 Å². The van der Waals surface area contributed by atoms with Crippen LogP contribution >= 0.6 is 11.8 Å². The van der Waals surface area contributed by atoms with E-state index in [2.05, 4.69) is 21.1 Å². The van der Waals surface area contributed by atoms with Crippen LogP contribution in [0.3, 0.4) is 0 Å². The van der Waals surface area contributed by atoms with Gasteiger partial charge in [-0.1, -0.05) is 84.9 Å². The minimum absolute atomic E-state index is 0.0214. The van der Waals surface area contributed by atoms with E-state index in [9.17, 15) is 19.2 Å². The van der Waals surface area contributed by atoms with Crippen molar-refractivity contribution >= 4 is 58.7 Å². The van der Waals surface area contributed by atoms with E-state index in [0.29, 0.717) is 33.1 Å². The molecule has 1 aliphatic rings. The van der Waals surface area contributed by atoms with Crippen LogP contribution < -0.4 is 25.7 Å². The maximum absolute atomic E-state index is 13.8. The highest BCUT2D eigenvalue weighted by molar-refractivity contribution is 8.00. The number of amidine groups is 1. The van der Waals surface area contributed by atoms with Crippen LogP contribution in [0.25, 0.3) is 6.08 Å². The number of methoxy groups -OCH3 is 1. The third kappa shape index (κ3) is 8.97. The molecule has 5 aromatic rings. The minimum Gasteiger partial charge on any atom is -0.497 e. The second kappa shape index (κ2) is 16.3. The SMILES string of the molecule is COc1cccc(/C=C(\NC(=O)c2ccccc2)C(=O)Nc2cccc(SC(C(=O)NC3=NN(c4ccccc4)C(=O)C3)c3ccccc3)c2)c1. The molecular formula is C40H33N5O5S. The van der Waals surface area contributed by atoms with Crippen molar-refractivity contribution in [3.63, 3.8) is 0 Å². The van der Waals surface area contributed by atoms with Crippen molar-refractivity contribution in [2.45, 2.75) is 16.6 Å². The molecule has 51 heavy (non-hydrogen) atoms. The van der Waals surface area contributed by atoms with Crippen molar-refractivity contribution in [3.05, 3.63) is 162 Å². The Hall–Kier alpha value is -6.46. The van der Waals surface area contributed by atoms with Gasteiger partial charge in [0, 0.05) is 16.1 Å². The van der Waals surface area contributed by atoms with E-state index in [0.717, 1.165) is 5.56 Å². The number of nitrogens with zero attached hydrogens (tertiary/aromatic N) is 2. The molecule has 4 amide bonds. The summed E-state index contributed by atoms with van der Waals surface area (Å²) < 4.78 is 5.33. The summed E-state index contributed by atoms with van der Waals surface area (Å²) in [5.41, 5.74) is 2.87. The van der Waals surface area contributed by atoms with Gasteiger partial charge in [-0.15, -0.1) is 11.8 Å². The van der Waals surface area contributed by atoms with E-state index in [-0.39, 0.29) is 29.8 Å². The maximum Gasteiger partial charge on any atom is 0.272 e. The highest BCUT2D eigenvalue weighted by Crippen LogP contribution is 2.37. The topological polar surface area (TPSA) is 129 Å². The molecule has 1 atom stereocenters. The Bertz CT molecular complexity index is 2110. The largest absolute Gasteiger partial charge is 0.497 e. The normalized spacial score (nSPS) is 13.2. The Morgan fingerprint density at radius 3 is 2.22 bits per heavy atom. The summed E-state index contributed by atoms with van der Waals surface area (Å²) >= 11 is 1.28. The summed E-state index contributed by atoms with van der Waals surface area (Å²) in [5.74, 6) is -0.739. The number of thioether (sulfide) groups is 1. The molecule has 0 spiro atoms. The van der Waals surface area contributed by atoms with Crippen LogP contribution in [0.2, 0.25) is 0 Å². The number of nitrogens with one attached hydrogen (secondary N) is 3. The summed E-state index contributed by atoms with van der Waals surface area (Å²) in [7, 11) is 1.55. The van der Waals surface area contributed by atoms with Crippen molar-refractivity contribution in [1.82, 2.24) is 10.6 Å². The molecule has 0 aromatic heterocycles. The molecule has 11 heteroatoms. The molecule has 3 N–H and O–H groups in total. The Morgan fingerprint density at radius 2 is 1.49 bits per heavy atom. The van der Waals surface area contributed by atoms with Gasteiger partial charge in [0.05, 0.1) is 19.2 Å². The lowest BCUT2D eigenvalue weighted by Gasteiger charge is -2.17. The second-order valence-electron chi connectivity index (χ2n) is 11.3. The first-order chi connectivity index (χ1) is 24.9. The number of anilines is 2. The average Bonchev–Trinajstić information content (AvgIpc) is 3.54. The lowest BCUT2D eigenvalue weighted by Crippen LogP contribution is -2.33. The molecular weight excluding hydrogens is 663 g/mol.